The Hall–Kier alpha value is -2.67. The van der Waals surface area contributed by atoms with Crippen LogP contribution in [0.25, 0.3) is 0 Å². The summed E-state index contributed by atoms with van der Waals surface area (Å²) in [5.41, 5.74) is 6.63. The van der Waals surface area contributed by atoms with Gasteiger partial charge < -0.3 is 5.73 Å². The zero-order valence-electron chi connectivity index (χ0n) is 12.2. The van der Waals surface area contributed by atoms with Crippen LogP contribution in [0.15, 0.2) is 54.6 Å². The molecule has 0 aliphatic carbocycles. The van der Waals surface area contributed by atoms with Crippen molar-refractivity contribution in [2.75, 3.05) is 0 Å². The lowest BCUT2D eigenvalue weighted by Gasteiger charge is -2.07. The zero-order valence-corrected chi connectivity index (χ0v) is 13.0. The Morgan fingerprint density at radius 2 is 1.52 bits per heavy atom. The molecule has 6 nitrogen and oxygen atoms in total. The topological polar surface area (TPSA) is 106 Å². The Bertz CT molecular complexity index is 800. The number of nitrogens with one attached hydrogen (secondary N) is 1. The number of nitrogens with two attached hydrogens (primary N) is 1. The van der Waals surface area contributed by atoms with Crippen molar-refractivity contribution in [3.63, 3.8) is 0 Å². The van der Waals surface area contributed by atoms with Gasteiger partial charge in [0.25, 0.3) is 0 Å². The first-order valence-electron chi connectivity index (χ1n) is 6.82. The number of amides is 2. The van der Waals surface area contributed by atoms with Crippen molar-refractivity contribution < 1.29 is 18.0 Å². The van der Waals surface area contributed by atoms with Crippen LogP contribution in [0.2, 0.25) is 0 Å². The van der Waals surface area contributed by atoms with Gasteiger partial charge in [0.15, 0.2) is 0 Å². The second kappa shape index (κ2) is 7.06. The molecule has 0 saturated carbocycles. The van der Waals surface area contributed by atoms with Crippen molar-refractivity contribution in [3.8, 4) is 0 Å². The number of sulfonamides is 1. The summed E-state index contributed by atoms with van der Waals surface area (Å²) in [6, 6.07) is 14.7. The van der Waals surface area contributed by atoms with Gasteiger partial charge in [-0.3, -0.25) is 14.3 Å². The minimum absolute atomic E-state index is 0.104. The molecule has 0 atom stereocenters. The van der Waals surface area contributed by atoms with Gasteiger partial charge in [-0.2, -0.15) is 0 Å². The first-order valence-corrected chi connectivity index (χ1v) is 8.47. The van der Waals surface area contributed by atoms with E-state index in [1.807, 2.05) is 4.72 Å². The molecule has 0 bridgehead atoms. The van der Waals surface area contributed by atoms with E-state index < -0.39 is 21.8 Å². The van der Waals surface area contributed by atoms with Crippen molar-refractivity contribution >= 4 is 21.8 Å². The fourth-order valence-corrected chi connectivity index (χ4v) is 3.13. The largest absolute Gasteiger partial charge is 0.366 e. The number of hydrogen-bond donors (Lipinski definition) is 2. The van der Waals surface area contributed by atoms with E-state index in [9.17, 15) is 18.0 Å². The van der Waals surface area contributed by atoms with Crippen molar-refractivity contribution in [2.24, 2.45) is 5.73 Å². The third-order valence-corrected chi connectivity index (χ3v) is 4.32. The average Bonchev–Trinajstić information content (AvgIpc) is 2.47. The molecule has 0 aliphatic rings. The lowest BCUT2D eigenvalue weighted by molar-refractivity contribution is -0.118. The molecule has 0 aliphatic heterocycles. The molecule has 7 heteroatoms. The molecule has 23 heavy (non-hydrogen) atoms. The maximum absolute atomic E-state index is 12.0. The van der Waals surface area contributed by atoms with Gasteiger partial charge in [-0.15, -0.1) is 0 Å². The van der Waals surface area contributed by atoms with Crippen molar-refractivity contribution in [2.45, 2.75) is 12.2 Å². The summed E-state index contributed by atoms with van der Waals surface area (Å²) in [5, 5.41) is 0. The van der Waals surface area contributed by atoms with Gasteiger partial charge in [0.1, 0.15) is 0 Å². The van der Waals surface area contributed by atoms with Crippen LogP contribution in [-0.2, 0) is 27.0 Å². The molecule has 0 aromatic heterocycles. The van der Waals surface area contributed by atoms with Gasteiger partial charge in [0.2, 0.25) is 21.8 Å². The Labute approximate surface area is 134 Å². The SMILES string of the molecule is NC(=O)c1ccc(CC(=O)NS(=O)(=O)Cc2ccccc2)cc1. The first-order chi connectivity index (χ1) is 10.9. The van der Waals surface area contributed by atoms with Crippen LogP contribution in [0.4, 0.5) is 0 Å². The van der Waals surface area contributed by atoms with E-state index in [4.69, 9.17) is 5.73 Å². The van der Waals surface area contributed by atoms with Gasteiger partial charge >= 0.3 is 0 Å². The van der Waals surface area contributed by atoms with E-state index in [-0.39, 0.29) is 12.2 Å². The number of primary amides is 1. The normalized spacial score (nSPS) is 11.0. The molecule has 0 unspecified atom stereocenters. The molecule has 2 aromatic rings. The number of benzene rings is 2. The minimum Gasteiger partial charge on any atom is -0.366 e. The molecule has 0 radical (unpaired) electrons. The van der Waals surface area contributed by atoms with Crippen molar-refractivity contribution in [1.82, 2.24) is 4.72 Å². The van der Waals surface area contributed by atoms with E-state index in [2.05, 4.69) is 0 Å². The Morgan fingerprint density at radius 3 is 2.09 bits per heavy atom. The minimum atomic E-state index is -3.75. The highest BCUT2D eigenvalue weighted by Gasteiger charge is 2.15. The Balaban J connectivity index is 1.97. The standard InChI is InChI=1S/C16H16N2O4S/c17-16(20)14-8-6-12(7-9-14)10-15(19)18-23(21,22)11-13-4-2-1-3-5-13/h1-9H,10-11H2,(H2,17,20)(H,18,19). The van der Waals surface area contributed by atoms with E-state index in [1.165, 1.54) is 12.1 Å². The average molecular weight is 332 g/mol. The van der Waals surface area contributed by atoms with Gasteiger partial charge in [-0.25, -0.2) is 8.42 Å². The number of rotatable bonds is 6. The lowest BCUT2D eigenvalue weighted by atomic mass is 10.1. The maximum Gasteiger partial charge on any atom is 0.248 e. The molecule has 0 fully saturated rings. The van der Waals surface area contributed by atoms with E-state index in [0.29, 0.717) is 16.7 Å². The highest BCUT2D eigenvalue weighted by Crippen LogP contribution is 2.07. The highest BCUT2D eigenvalue weighted by molar-refractivity contribution is 7.89. The fraction of sp³-hybridized carbons (Fsp3) is 0.125. The van der Waals surface area contributed by atoms with Crippen LogP contribution in [-0.4, -0.2) is 20.2 Å². The molecule has 3 N–H and O–H groups in total. The van der Waals surface area contributed by atoms with Gasteiger partial charge in [-0.1, -0.05) is 42.5 Å². The molecule has 0 spiro atoms. The number of carbonyl (C=O) groups excluding carboxylic acids is 2. The Morgan fingerprint density at radius 1 is 0.913 bits per heavy atom. The summed E-state index contributed by atoms with van der Waals surface area (Å²) in [5.74, 6) is -1.46. The molecular weight excluding hydrogens is 316 g/mol. The summed E-state index contributed by atoms with van der Waals surface area (Å²) in [4.78, 5) is 22.8. The lowest BCUT2D eigenvalue weighted by Crippen LogP contribution is -2.32. The Kier molecular flexibility index (Phi) is 5.13. The predicted molar refractivity (Wildman–Crippen MR) is 85.9 cm³/mol. The molecule has 2 amide bonds. The van der Waals surface area contributed by atoms with Crippen LogP contribution in [0.1, 0.15) is 21.5 Å². The van der Waals surface area contributed by atoms with Gasteiger partial charge in [0.05, 0.1) is 12.2 Å². The van der Waals surface area contributed by atoms with Gasteiger partial charge in [-0.05, 0) is 23.3 Å². The smallest absolute Gasteiger partial charge is 0.248 e. The molecular formula is C16H16N2O4S. The van der Waals surface area contributed by atoms with Crippen molar-refractivity contribution in [1.29, 1.82) is 0 Å². The fourth-order valence-electron chi connectivity index (χ4n) is 2.01. The molecule has 120 valence electrons. The highest BCUT2D eigenvalue weighted by atomic mass is 32.2. The number of hydrogen-bond acceptors (Lipinski definition) is 4. The predicted octanol–water partition coefficient (Wildman–Crippen LogP) is 0.974. The second-order valence-corrected chi connectivity index (χ2v) is 6.73. The van der Waals surface area contributed by atoms with Crippen LogP contribution in [0.3, 0.4) is 0 Å². The van der Waals surface area contributed by atoms with E-state index >= 15 is 0 Å². The first kappa shape index (κ1) is 16.7. The van der Waals surface area contributed by atoms with Crippen LogP contribution >= 0.6 is 0 Å². The van der Waals surface area contributed by atoms with Crippen molar-refractivity contribution in [3.05, 3.63) is 71.3 Å². The molecule has 2 aromatic carbocycles. The molecule has 0 heterocycles. The third kappa shape index (κ3) is 5.23. The maximum atomic E-state index is 12.0. The number of carbonyl (C=O) groups is 2. The summed E-state index contributed by atoms with van der Waals surface area (Å²) in [6.45, 7) is 0. The van der Waals surface area contributed by atoms with Crippen LogP contribution < -0.4 is 10.5 Å². The second-order valence-electron chi connectivity index (χ2n) is 5.01. The zero-order chi connectivity index (χ0) is 16.9. The quantitative estimate of drug-likeness (QED) is 0.822. The summed E-state index contributed by atoms with van der Waals surface area (Å²) < 4.78 is 25.9. The summed E-state index contributed by atoms with van der Waals surface area (Å²) in [7, 11) is -3.75. The summed E-state index contributed by atoms with van der Waals surface area (Å²) in [6.07, 6.45) is -0.104. The van der Waals surface area contributed by atoms with E-state index in [1.54, 1.807) is 42.5 Å². The summed E-state index contributed by atoms with van der Waals surface area (Å²) >= 11 is 0. The van der Waals surface area contributed by atoms with Crippen LogP contribution in [0.5, 0.6) is 0 Å². The third-order valence-electron chi connectivity index (χ3n) is 3.07. The van der Waals surface area contributed by atoms with E-state index in [0.717, 1.165) is 0 Å². The van der Waals surface area contributed by atoms with Crippen LogP contribution in [0, 0.1) is 0 Å². The molecule has 0 saturated heterocycles. The van der Waals surface area contributed by atoms with Gasteiger partial charge in [0, 0.05) is 5.56 Å². The molecule has 2 rings (SSSR count). The monoisotopic (exact) mass is 332 g/mol.